The van der Waals surface area contributed by atoms with Crippen LogP contribution in [0.25, 0.3) is 0 Å². The van der Waals surface area contributed by atoms with Crippen molar-refractivity contribution in [2.45, 2.75) is 6.54 Å². The Morgan fingerprint density at radius 1 is 1.08 bits per heavy atom. The van der Waals surface area contributed by atoms with Crippen LogP contribution < -0.4 is 39.2 Å². The Balaban J connectivity index is 0.00000208. The van der Waals surface area contributed by atoms with Gasteiger partial charge >= 0.3 is 29.6 Å². The molecule has 0 amide bonds. The molecule has 24 heavy (non-hydrogen) atoms. The van der Waals surface area contributed by atoms with E-state index in [1.54, 1.807) is 18.4 Å². The first-order valence-electron chi connectivity index (χ1n) is 7.33. The number of nitrogens with one attached hydrogen (secondary N) is 1. The van der Waals surface area contributed by atoms with Crippen molar-refractivity contribution >= 4 is 21.7 Å². The van der Waals surface area contributed by atoms with E-state index in [0.29, 0.717) is 0 Å². The average molecular weight is 359 g/mol. The first-order chi connectivity index (χ1) is 11.0. The van der Waals surface area contributed by atoms with Gasteiger partial charge in [-0.25, -0.2) is 8.42 Å². The maximum atomic E-state index is 10.7. The van der Waals surface area contributed by atoms with Crippen molar-refractivity contribution < 1.29 is 46.9 Å². The van der Waals surface area contributed by atoms with Gasteiger partial charge in [-0.1, -0.05) is 0 Å². The average Bonchev–Trinajstić information content (AvgIpc) is 3.00. The Morgan fingerprint density at radius 3 is 2.29 bits per heavy atom. The zero-order chi connectivity index (χ0) is 16.3. The predicted molar refractivity (Wildman–Crippen MR) is 86.0 cm³/mol. The normalized spacial score (nSPS) is 15.8. The summed E-state index contributed by atoms with van der Waals surface area (Å²) in [5.74, 6) is 0.965. The van der Waals surface area contributed by atoms with Gasteiger partial charge in [-0.05, 0) is 36.4 Å². The minimum absolute atomic E-state index is 0. The van der Waals surface area contributed by atoms with Crippen LogP contribution in [0.5, 0.6) is 0 Å². The maximum absolute atomic E-state index is 10.7. The van der Waals surface area contributed by atoms with Gasteiger partial charge in [0.15, 0.2) is 10.3 Å². The van der Waals surface area contributed by atoms with Crippen molar-refractivity contribution in [3.63, 3.8) is 0 Å². The molecule has 9 heteroatoms. The van der Waals surface area contributed by atoms with Crippen molar-refractivity contribution in [3.8, 4) is 0 Å². The van der Waals surface area contributed by atoms with E-state index in [2.05, 4.69) is 9.80 Å². The first-order valence-corrected chi connectivity index (χ1v) is 8.74. The fourth-order valence-corrected chi connectivity index (χ4v) is 3.10. The van der Waals surface area contributed by atoms with Crippen molar-refractivity contribution in [2.24, 2.45) is 0 Å². The SMILES string of the molecule is O=S(=O)([O-])Nc1ccc(N2CCN(Cc3ccco3)CC2)cc1.[Na+]. The van der Waals surface area contributed by atoms with Crippen molar-refractivity contribution in [1.82, 2.24) is 4.90 Å². The van der Waals surface area contributed by atoms with Crippen LogP contribution in [0.4, 0.5) is 11.4 Å². The van der Waals surface area contributed by atoms with Gasteiger partial charge in [-0.15, -0.1) is 0 Å². The summed E-state index contributed by atoms with van der Waals surface area (Å²) in [4.78, 5) is 4.56. The number of benzene rings is 1. The van der Waals surface area contributed by atoms with E-state index < -0.39 is 10.3 Å². The number of hydrogen-bond acceptors (Lipinski definition) is 6. The Kier molecular flexibility index (Phi) is 6.73. The predicted octanol–water partition coefficient (Wildman–Crippen LogP) is -1.52. The number of furan rings is 1. The summed E-state index contributed by atoms with van der Waals surface area (Å²) in [6, 6.07) is 10.7. The maximum Gasteiger partial charge on any atom is 1.00 e. The number of hydrogen-bond donors (Lipinski definition) is 1. The molecule has 1 aromatic carbocycles. The Bertz CT molecular complexity index is 727. The second-order valence-corrected chi connectivity index (χ2v) is 6.56. The van der Waals surface area contributed by atoms with Gasteiger partial charge in [0.05, 0.1) is 12.8 Å². The van der Waals surface area contributed by atoms with Gasteiger partial charge in [0, 0.05) is 37.6 Å². The van der Waals surface area contributed by atoms with E-state index in [-0.39, 0.29) is 35.2 Å². The third-order valence-electron chi connectivity index (χ3n) is 3.81. The summed E-state index contributed by atoms with van der Waals surface area (Å²) in [5.41, 5.74) is 1.29. The topological polar surface area (TPSA) is 88.8 Å². The Labute approximate surface area is 163 Å². The second kappa shape index (κ2) is 8.37. The molecule has 0 spiro atoms. The summed E-state index contributed by atoms with van der Waals surface area (Å²) >= 11 is 0. The van der Waals surface area contributed by atoms with Crippen LogP contribution in [-0.2, 0) is 16.8 Å². The molecule has 0 atom stereocenters. The molecule has 1 N–H and O–H groups in total. The van der Waals surface area contributed by atoms with Gasteiger partial charge in [0.25, 0.3) is 0 Å². The van der Waals surface area contributed by atoms with Crippen LogP contribution in [0.3, 0.4) is 0 Å². The fraction of sp³-hybridized carbons (Fsp3) is 0.333. The van der Waals surface area contributed by atoms with Gasteiger partial charge < -0.3 is 13.9 Å². The van der Waals surface area contributed by atoms with Crippen LogP contribution >= 0.6 is 0 Å². The quantitative estimate of drug-likeness (QED) is 0.515. The standard InChI is InChI=1S/C15H19N3O4S.Na/c19-23(20,21)16-13-3-5-14(6-4-13)18-9-7-17(8-10-18)12-15-2-1-11-22-15;/h1-6,11,16H,7-10,12H2,(H,19,20,21);/q;+1/p-1. The van der Waals surface area contributed by atoms with Crippen molar-refractivity contribution in [2.75, 3.05) is 35.8 Å². The third-order valence-corrected chi connectivity index (χ3v) is 4.29. The molecule has 2 aromatic rings. The molecule has 1 aliphatic rings. The summed E-state index contributed by atoms with van der Waals surface area (Å²) in [7, 11) is -4.48. The molecular formula is C15H18N3NaO4S. The minimum Gasteiger partial charge on any atom is -0.731 e. The number of piperazine rings is 1. The zero-order valence-corrected chi connectivity index (χ0v) is 16.3. The minimum atomic E-state index is -4.48. The van der Waals surface area contributed by atoms with E-state index >= 15 is 0 Å². The zero-order valence-electron chi connectivity index (χ0n) is 13.5. The monoisotopic (exact) mass is 359 g/mol. The van der Waals surface area contributed by atoms with Gasteiger partial charge in [-0.2, -0.15) is 0 Å². The summed E-state index contributed by atoms with van der Waals surface area (Å²) in [6.07, 6.45) is 1.68. The molecule has 1 saturated heterocycles. The van der Waals surface area contributed by atoms with Gasteiger partial charge in [0.2, 0.25) is 0 Å². The van der Waals surface area contributed by atoms with E-state index in [0.717, 1.165) is 44.2 Å². The molecule has 2 heterocycles. The van der Waals surface area contributed by atoms with E-state index in [9.17, 15) is 13.0 Å². The molecule has 1 aromatic heterocycles. The molecular weight excluding hydrogens is 341 g/mol. The van der Waals surface area contributed by atoms with Crippen LogP contribution in [0.2, 0.25) is 0 Å². The summed E-state index contributed by atoms with van der Waals surface area (Å²) < 4.78 is 39.3. The molecule has 3 rings (SSSR count). The van der Waals surface area contributed by atoms with Crippen molar-refractivity contribution in [1.29, 1.82) is 0 Å². The Morgan fingerprint density at radius 2 is 1.75 bits per heavy atom. The van der Waals surface area contributed by atoms with Crippen LogP contribution in [-0.4, -0.2) is 44.0 Å². The number of nitrogens with zero attached hydrogens (tertiary/aromatic N) is 2. The van der Waals surface area contributed by atoms with Crippen molar-refractivity contribution in [3.05, 3.63) is 48.4 Å². The Hall–Kier alpha value is -1.03. The second-order valence-electron chi connectivity index (χ2n) is 5.45. The molecule has 0 radical (unpaired) electrons. The van der Waals surface area contributed by atoms with Crippen LogP contribution in [0.15, 0.2) is 47.1 Å². The largest absolute Gasteiger partial charge is 1.00 e. The third kappa shape index (κ3) is 5.51. The summed E-state index contributed by atoms with van der Waals surface area (Å²) in [5, 5.41) is 0. The molecule has 0 aliphatic carbocycles. The van der Waals surface area contributed by atoms with Gasteiger partial charge in [-0.3, -0.25) is 9.62 Å². The van der Waals surface area contributed by atoms with Crippen LogP contribution in [0, 0.1) is 0 Å². The molecule has 0 saturated carbocycles. The van der Waals surface area contributed by atoms with E-state index in [1.165, 1.54) is 0 Å². The number of rotatable bonds is 5. The van der Waals surface area contributed by atoms with Gasteiger partial charge in [0.1, 0.15) is 5.76 Å². The molecule has 1 fully saturated rings. The summed E-state index contributed by atoms with van der Waals surface area (Å²) in [6.45, 7) is 4.43. The fourth-order valence-electron chi connectivity index (χ4n) is 2.67. The van der Waals surface area contributed by atoms with E-state index in [1.807, 2.05) is 29.0 Å². The molecule has 0 unspecified atom stereocenters. The molecule has 1 aliphatic heterocycles. The molecule has 124 valence electrons. The first kappa shape index (κ1) is 19.3. The number of anilines is 2. The molecule has 0 bridgehead atoms. The molecule has 7 nitrogen and oxygen atoms in total. The van der Waals surface area contributed by atoms with E-state index in [4.69, 9.17) is 4.42 Å². The van der Waals surface area contributed by atoms with Crippen LogP contribution in [0.1, 0.15) is 5.76 Å². The smallest absolute Gasteiger partial charge is 0.731 e.